The number of nitrogens with zero attached hydrogens (tertiary/aromatic N) is 1. The zero-order chi connectivity index (χ0) is 23.1. The number of morpholine rings is 1. The second kappa shape index (κ2) is 10.8. The molecule has 0 unspecified atom stereocenters. The molecule has 0 saturated carbocycles. The molecule has 0 radical (unpaired) electrons. The van der Waals surface area contributed by atoms with Gasteiger partial charge in [-0.1, -0.05) is 32.0 Å². The van der Waals surface area contributed by atoms with Crippen molar-refractivity contribution in [1.82, 2.24) is 9.62 Å². The highest BCUT2D eigenvalue weighted by molar-refractivity contribution is 7.89. The predicted molar refractivity (Wildman–Crippen MR) is 124 cm³/mol. The van der Waals surface area contributed by atoms with Gasteiger partial charge in [-0.25, -0.2) is 8.42 Å². The number of para-hydroxylation sites is 1. The minimum Gasteiger partial charge on any atom is -0.496 e. The number of anilines is 1. The van der Waals surface area contributed by atoms with Crippen LogP contribution in [0.5, 0.6) is 5.75 Å². The number of carbonyl (C=O) groups excluding carboxylic acids is 1. The van der Waals surface area contributed by atoms with Crippen LogP contribution in [0.25, 0.3) is 0 Å². The van der Waals surface area contributed by atoms with Crippen molar-refractivity contribution >= 4 is 21.6 Å². The summed E-state index contributed by atoms with van der Waals surface area (Å²) < 4.78 is 38.0. The van der Waals surface area contributed by atoms with Gasteiger partial charge in [0.15, 0.2) is 0 Å². The van der Waals surface area contributed by atoms with Crippen LogP contribution < -0.4 is 15.4 Å². The van der Waals surface area contributed by atoms with Gasteiger partial charge in [0.2, 0.25) is 10.0 Å². The maximum atomic E-state index is 13.0. The first kappa shape index (κ1) is 24.0. The molecule has 0 spiro atoms. The van der Waals surface area contributed by atoms with Crippen LogP contribution in [-0.2, 0) is 14.8 Å². The number of rotatable bonds is 9. The Morgan fingerprint density at radius 2 is 1.81 bits per heavy atom. The molecule has 32 heavy (non-hydrogen) atoms. The molecule has 1 amide bonds. The summed E-state index contributed by atoms with van der Waals surface area (Å²) in [6, 6.07) is 14.1. The van der Waals surface area contributed by atoms with E-state index in [-0.39, 0.29) is 41.4 Å². The Morgan fingerprint density at radius 3 is 2.44 bits per heavy atom. The first-order valence-corrected chi connectivity index (χ1v) is 12.1. The summed E-state index contributed by atoms with van der Waals surface area (Å²) in [7, 11) is -2.27. The highest BCUT2D eigenvalue weighted by Crippen LogP contribution is 2.25. The number of ether oxygens (including phenoxy) is 2. The van der Waals surface area contributed by atoms with Crippen LogP contribution in [0, 0.1) is 5.92 Å². The van der Waals surface area contributed by atoms with Crippen LogP contribution >= 0.6 is 0 Å². The number of benzene rings is 2. The quantitative estimate of drug-likeness (QED) is 0.596. The summed E-state index contributed by atoms with van der Waals surface area (Å²) in [4.78, 5) is 13.1. The first-order valence-electron chi connectivity index (χ1n) is 10.7. The van der Waals surface area contributed by atoms with Gasteiger partial charge in [0.1, 0.15) is 5.75 Å². The third-order valence-electron chi connectivity index (χ3n) is 5.44. The Hall–Kier alpha value is -2.62. The predicted octanol–water partition coefficient (Wildman–Crippen LogP) is 2.58. The zero-order valence-electron chi connectivity index (χ0n) is 18.7. The van der Waals surface area contributed by atoms with Crippen LogP contribution in [0.4, 0.5) is 5.69 Å². The Bertz CT molecular complexity index is 1010. The molecule has 2 aromatic carbocycles. The molecular weight excluding hydrogens is 430 g/mol. The first-order chi connectivity index (χ1) is 15.3. The topological polar surface area (TPSA) is 97.0 Å². The number of nitrogens with one attached hydrogen (secondary N) is 2. The van der Waals surface area contributed by atoms with E-state index in [1.54, 1.807) is 0 Å². The summed E-state index contributed by atoms with van der Waals surface area (Å²) in [5.74, 6) is 0.187. The average molecular weight is 462 g/mol. The van der Waals surface area contributed by atoms with E-state index >= 15 is 0 Å². The van der Waals surface area contributed by atoms with Gasteiger partial charge in [0.05, 0.1) is 30.8 Å². The molecule has 1 heterocycles. The van der Waals surface area contributed by atoms with Gasteiger partial charge >= 0.3 is 0 Å². The molecule has 1 atom stereocenters. The van der Waals surface area contributed by atoms with E-state index in [1.165, 1.54) is 29.6 Å². The van der Waals surface area contributed by atoms with Gasteiger partial charge in [0, 0.05) is 31.4 Å². The molecule has 2 N–H and O–H groups in total. The van der Waals surface area contributed by atoms with Gasteiger partial charge < -0.3 is 20.1 Å². The summed E-state index contributed by atoms with van der Waals surface area (Å²) in [5.41, 5.74) is 1.15. The van der Waals surface area contributed by atoms with E-state index < -0.39 is 10.0 Å². The van der Waals surface area contributed by atoms with Crippen LogP contribution in [0.2, 0.25) is 0 Å². The molecular formula is C23H31N3O5S. The Balaban J connectivity index is 1.76. The third-order valence-corrected chi connectivity index (χ3v) is 7.33. The lowest BCUT2D eigenvalue weighted by atomic mass is 10.0. The molecule has 0 aromatic heterocycles. The molecule has 9 heteroatoms. The van der Waals surface area contributed by atoms with Gasteiger partial charge in [-0.3, -0.25) is 4.79 Å². The second-order valence-electron chi connectivity index (χ2n) is 7.95. The van der Waals surface area contributed by atoms with Crippen LogP contribution in [0.3, 0.4) is 0 Å². The maximum absolute atomic E-state index is 13.0. The van der Waals surface area contributed by atoms with Crippen molar-refractivity contribution in [2.24, 2.45) is 5.92 Å². The number of methoxy groups -OCH3 is 1. The lowest BCUT2D eigenvalue weighted by molar-refractivity contribution is 0.0730. The third kappa shape index (κ3) is 5.79. The van der Waals surface area contributed by atoms with Crippen LogP contribution in [-0.4, -0.2) is 64.6 Å². The van der Waals surface area contributed by atoms with Crippen molar-refractivity contribution < 1.29 is 22.7 Å². The summed E-state index contributed by atoms with van der Waals surface area (Å²) in [6.07, 6.45) is 0. The smallest absolute Gasteiger partial charge is 0.255 e. The molecule has 0 aliphatic carbocycles. The lowest BCUT2D eigenvalue weighted by Gasteiger charge is -2.26. The SMILES string of the molecule is COc1ccc(S(=O)(=O)N2CCOCC2)cc1C(=O)NC[C@H](Nc1ccccc1)C(C)C. The number of hydrogen-bond acceptors (Lipinski definition) is 6. The van der Waals surface area contributed by atoms with Crippen molar-refractivity contribution in [2.45, 2.75) is 24.8 Å². The number of carbonyl (C=O) groups is 1. The van der Waals surface area contributed by atoms with E-state index in [1.807, 2.05) is 30.3 Å². The lowest BCUT2D eigenvalue weighted by Crippen LogP contribution is -2.41. The molecule has 2 aromatic rings. The summed E-state index contributed by atoms with van der Waals surface area (Å²) in [6.45, 7) is 5.80. The van der Waals surface area contributed by atoms with Crippen LogP contribution in [0.1, 0.15) is 24.2 Å². The molecule has 3 rings (SSSR count). The Morgan fingerprint density at radius 1 is 1.12 bits per heavy atom. The fraction of sp³-hybridized carbons (Fsp3) is 0.435. The summed E-state index contributed by atoms with van der Waals surface area (Å²) in [5, 5.41) is 6.36. The zero-order valence-corrected chi connectivity index (χ0v) is 19.5. The minimum absolute atomic E-state index is 0.00684. The fourth-order valence-electron chi connectivity index (χ4n) is 3.46. The molecule has 1 saturated heterocycles. The van der Waals surface area contributed by atoms with E-state index in [9.17, 15) is 13.2 Å². The fourth-order valence-corrected chi connectivity index (χ4v) is 4.90. The van der Waals surface area contributed by atoms with Gasteiger partial charge in [-0.15, -0.1) is 0 Å². The average Bonchev–Trinajstić information content (AvgIpc) is 2.82. The van der Waals surface area contributed by atoms with E-state index in [0.29, 0.717) is 25.5 Å². The van der Waals surface area contributed by atoms with Crippen molar-refractivity contribution in [2.75, 3.05) is 45.3 Å². The molecule has 8 nitrogen and oxygen atoms in total. The number of hydrogen-bond donors (Lipinski definition) is 2. The Labute approximate surface area is 190 Å². The maximum Gasteiger partial charge on any atom is 0.255 e. The van der Waals surface area contributed by atoms with Crippen molar-refractivity contribution in [3.8, 4) is 5.75 Å². The van der Waals surface area contributed by atoms with Crippen molar-refractivity contribution in [3.05, 3.63) is 54.1 Å². The highest BCUT2D eigenvalue weighted by Gasteiger charge is 2.28. The van der Waals surface area contributed by atoms with Crippen molar-refractivity contribution in [1.29, 1.82) is 0 Å². The summed E-state index contributed by atoms with van der Waals surface area (Å²) >= 11 is 0. The van der Waals surface area contributed by atoms with E-state index in [0.717, 1.165) is 5.69 Å². The second-order valence-corrected chi connectivity index (χ2v) is 9.89. The van der Waals surface area contributed by atoms with Gasteiger partial charge in [0.25, 0.3) is 5.91 Å². The van der Waals surface area contributed by atoms with E-state index in [2.05, 4.69) is 24.5 Å². The monoisotopic (exact) mass is 461 g/mol. The van der Waals surface area contributed by atoms with Gasteiger partial charge in [-0.2, -0.15) is 4.31 Å². The minimum atomic E-state index is -3.72. The van der Waals surface area contributed by atoms with E-state index in [4.69, 9.17) is 9.47 Å². The Kier molecular flexibility index (Phi) is 8.11. The molecule has 1 fully saturated rings. The number of amides is 1. The normalized spacial score (nSPS) is 15.9. The van der Waals surface area contributed by atoms with Crippen molar-refractivity contribution in [3.63, 3.8) is 0 Å². The molecule has 1 aliphatic heterocycles. The molecule has 0 bridgehead atoms. The molecule has 1 aliphatic rings. The number of sulfonamides is 1. The van der Waals surface area contributed by atoms with Gasteiger partial charge in [-0.05, 0) is 36.2 Å². The molecule has 174 valence electrons. The largest absolute Gasteiger partial charge is 0.496 e. The highest BCUT2D eigenvalue weighted by atomic mass is 32.2. The van der Waals surface area contributed by atoms with Crippen LogP contribution in [0.15, 0.2) is 53.4 Å². The standard InChI is InChI=1S/C23H31N3O5S/c1-17(2)21(25-18-7-5-4-6-8-18)16-24-23(27)20-15-19(9-10-22(20)30-3)32(28,29)26-11-13-31-14-12-26/h4-10,15,17,21,25H,11-14,16H2,1-3H3,(H,24,27)/t21-/m0/s1.